The van der Waals surface area contributed by atoms with Crippen molar-refractivity contribution in [1.82, 2.24) is 15.4 Å². The molecule has 2 unspecified atom stereocenters. The predicted octanol–water partition coefficient (Wildman–Crippen LogP) is 4.35. The lowest BCUT2D eigenvalue weighted by molar-refractivity contribution is -0.130. The highest BCUT2D eigenvalue weighted by molar-refractivity contribution is 5.98. The molecule has 1 aromatic heterocycles. The number of piperazine rings is 1. The lowest BCUT2D eigenvalue weighted by Gasteiger charge is -2.40. The van der Waals surface area contributed by atoms with Crippen LogP contribution in [0.1, 0.15) is 42.4 Å². The number of aromatic nitrogens is 1. The molecule has 3 aromatic rings. The van der Waals surface area contributed by atoms with Gasteiger partial charge in [-0.2, -0.15) is 4.39 Å². The van der Waals surface area contributed by atoms with E-state index in [1.165, 1.54) is 17.0 Å². The van der Waals surface area contributed by atoms with Gasteiger partial charge in [0.2, 0.25) is 23.2 Å². The highest BCUT2D eigenvalue weighted by atomic mass is 19.1. The standard InChI is InChI=1S/C24H23F2N3O3/c1-14(2)12-19-23(30)27-18(15-6-4-3-5-7-15)13-29(19)24(31)21-20(26)22(32-28-21)16-8-10-17(25)11-9-16/h3-11,14,18-19H,12-13H2,1-2H3,(H,27,30). The molecule has 8 heteroatoms. The molecule has 0 bridgehead atoms. The first-order valence-corrected chi connectivity index (χ1v) is 10.4. The molecule has 1 saturated heterocycles. The lowest BCUT2D eigenvalue weighted by atomic mass is 9.95. The summed E-state index contributed by atoms with van der Waals surface area (Å²) in [7, 11) is 0. The molecule has 1 aliphatic rings. The van der Waals surface area contributed by atoms with Crippen LogP contribution in [-0.2, 0) is 4.79 Å². The van der Waals surface area contributed by atoms with Gasteiger partial charge in [0.15, 0.2) is 0 Å². The molecule has 2 amide bonds. The Balaban J connectivity index is 1.67. The first kappa shape index (κ1) is 21.7. The van der Waals surface area contributed by atoms with Crippen molar-refractivity contribution in [2.24, 2.45) is 5.92 Å². The Bertz CT molecular complexity index is 1110. The van der Waals surface area contributed by atoms with Crippen LogP contribution in [0.4, 0.5) is 8.78 Å². The zero-order valence-electron chi connectivity index (χ0n) is 17.7. The highest BCUT2D eigenvalue weighted by Gasteiger charge is 2.40. The fourth-order valence-corrected chi connectivity index (χ4v) is 3.89. The Morgan fingerprint density at radius 1 is 1.16 bits per heavy atom. The Morgan fingerprint density at radius 3 is 2.50 bits per heavy atom. The fourth-order valence-electron chi connectivity index (χ4n) is 3.89. The molecule has 6 nitrogen and oxygen atoms in total. The van der Waals surface area contributed by atoms with Crippen LogP contribution in [-0.4, -0.2) is 34.5 Å². The molecule has 0 aliphatic carbocycles. The summed E-state index contributed by atoms with van der Waals surface area (Å²) in [5.41, 5.74) is 0.599. The summed E-state index contributed by atoms with van der Waals surface area (Å²) < 4.78 is 33.4. The second-order valence-electron chi connectivity index (χ2n) is 8.26. The fraction of sp³-hybridized carbons (Fsp3) is 0.292. The Labute approximate surface area is 184 Å². The van der Waals surface area contributed by atoms with Crippen LogP contribution in [0.5, 0.6) is 0 Å². The number of nitrogens with zero attached hydrogens (tertiary/aromatic N) is 2. The molecule has 1 N–H and O–H groups in total. The molecule has 4 rings (SSSR count). The number of benzene rings is 2. The molecule has 166 valence electrons. The Kier molecular flexibility index (Phi) is 6.03. The van der Waals surface area contributed by atoms with Gasteiger partial charge in [-0.1, -0.05) is 49.3 Å². The average molecular weight is 439 g/mol. The number of carbonyl (C=O) groups is 2. The predicted molar refractivity (Wildman–Crippen MR) is 113 cm³/mol. The van der Waals surface area contributed by atoms with E-state index >= 15 is 4.39 Å². The van der Waals surface area contributed by atoms with E-state index in [4.69, 9.17) is 4.52 Å². The van der Waals surface area contributed by atoms with Gasteiger partial charge in [-0.05, 0) is 42.2 Å². The first-order chi connectivity index (χ1) is 15.3. The van der Waals surface area contributed by atoms with Gasteiger partial charge in [-0.3, -0.25) is 9.59 Å². The first-order valence-electron chi connectivity index (χ1n) is 10.4. The summed E-state index contributed by atoms with van der Waals surface area (Å²) in [5, 5.41) is 6.63. The van der Waals surface area contributed by atoms with Crippen molar-refractivity contribution < 1.29 is 22.9 Å². The highest BCUT2D eigenvalue weighted by Crippen LogP contribution is 2.29. The summed E-state index contributed by atoms with van der Waals surface area (Å²) >= 11 is 0. The van der Waals surface area contributed by atoms with Crippen LogP contribution in [0.25, 0.3) is 11.3 Å². The van der Waals surface area contributed by atoms with Crippen LogP contribution in [0.2, 0.25) is 0 Å². The van der Waals surface area contributed by atoms with Crippen LogP contribution in [0.3, 0.4) is 0 Å². The number of carbonyl (C=O) groups excluding carboxylic acids is 2. The van der Waals surface area contributed by atoms with E-state index in [9.17, 15) is 14.0 Å². The Morgan fingerprint density at radius 2 is 1.84 bits per heavy atom. The third-order valence-electron chi connectivity index (χ3n) is 5.48. The molecule has 2 heterocycles. The molecule has 1 fully saturated rings. The van der Waals surface area contributed by atoms with Crippen LogP contribution in [0, 0.1) is 17.6 Å². The number of hydrogen-bond donors (Lipinski definition) is 1. The second-order valence-corrected chi connectivity index (χ2v) is 8.26. The van der Waals surface area contributed by atoms with Gasteiger partial charge in [0.1, 0.15) is 11.9 Å². The van der Waals surface area contributed by atoms with Crippen LogP contribution in [0.15, 0.2) is 59.1 Å². The van der Waals surface area contributed by atoms with E-state index in [0.29, 0.717) is 6.42 Å². The van der Waals surface area contributed by atoms with Gasteiger partial charge in [-0.15, -0.1) is 0 Å². The third-order valence-corrected chi connectivity index (χ3v) is 5.48. The molecule has 1 aliphatic heterocycles. The van der Waals surface area contributed by atoms with Gasteiger partial charge < -0.3 is 14.7 Å². The normalized spacial score (nSPS) is 18.7. The Hall–Kier alpha value is -3.55. The van der Waals surface area contributed by atoms with E-state index in [1.54, 1.807) is 0 Å². The molecular formula is C24H23F2N3O3. The van der Waals surface area contributed by atoms with E-state index < -0.39 is 35.3 Å². The molecule has 2 atom stereocenters. The molecule has 0 radical (unpaired) electrons. The summed E-state index contributed by atoms with van der Waals surface area (Å²) in [6.45, 7) is 4.06. The van der Waals surface area contributed by atoms with E-state index in [0.717, 1.165) is 17.7 Å². The monoisotopic (exact) mass is 439 g/mol. The van der Waals surface area contributed by atoms with E-state index in [2.05, 4.69) is 10.5 Å². The zero-order valence-corrected chi connectivity index (χ0v) is 17.7. The van der Waals surface area contributed by atoms with E-state index in [-0.39, 0.29) is 29.7 Å². The zero-order chi connectivity index (χ0) is 22.8. The van der Waals surface area contributed by atoms with Crippen LogP contribution < -0.4 is 5.32 Å². The summed E-state index contributed by atoms with van der Waals surface area (Å²) in [6, 6.07) is 13.1. The van der Waals surface area contributed by atoms with Crippen molar-refractivity contribution >= 4 is 11.8 Å². The molecule has 0 spiro atoms. The average Bonchev–Trinajstić information content (AvgIpc) is 3.16. The minimum atomic E-state index is -0.938. The number of rotatable bonds is 5. The van der Waals surface area contributed by atoms with Crippen molar-refractivity contribution in [2.75, 3.05) is 6.54 Å². The van der Waals surface area contributed by atoms with Gasteiger partial charge in [0, 0.05) is 12.1 Å². The quantitative estimate of drug-likeness (QED) is 0.642. The maximum absolute atomic E-state index is 15.1. The second kappa shape index (κ2) is 8.90. The number of amides is 2. The molecular weight excluding hydrogens is 416 g/mol. The molecule has 2 aromatic carbocycles. The SMILES string of the molecule is CC(C)CC1C(=O)NC(c2ccccc2)CN1C(=O)c1noc(-c2ccc(F)cc2)c1F. The van der Waals surface area contributed by atoms with Gasteiger partial charge in [0.05, 0.1) is 6.04 Å². The smallest absolute Gasteiger partial charge is 0.279 e. The number of nitrogens with one attached hydrogen (secondary N) is 1. The molecule has 32 heavy (non-hydrogen) atoms. The summed E-state index contributed by atoms with van der Waals surface area (Å²) in [6.07, 6.45) is 0.420. The number of halogens is 2. The topological polar surface area (TPSA) is 75.4 Å². The number of hydrogen-bond acceptors (Lipinski definition) is 4. The van der Waals surface area contributed by atoms with Gasteiger partial charge in [-0.25, -0.2) is 4.39 Å². The van der Waals surface area contributed by atoms with Crippen LogP contribution >= 0.6 is 0 Å². The maximum atomic E-state index is 15.1. The molecule has 0 saturated carbocycles. The van der Waals surface area contributed by atoms with Crippen molar-refractivity contribution in [1.29, 1.82) is 0 Å². The lowest BCUT2D eigenvalue weighted by Crippen LogP contribution is -2.58. The van der Waals surface area contributed by atoms with Crippen molar-refractivity contribution in [3.8, 4) is 11.3 Å². The van der Waals surface area contributed by atoms with Gasteiger partial charge in [0.25, 0.3) is 5.91 Å². The summed E-state index contributed by atoms with van der Waals surface area (Å²) in [5.74, 6) is -2.56. The van der Waals surface area contributed by atoms with Crippen molar-refractivity contribution in [3.05, 3.63) is 77.5 Å². The summed E-state index contributed by atoms with van der Waals surface area (Å²) in [4.78, 5) is 27.6. The third kappa shape index (κ3) is 4.26. The van der Waals surface area contributed by atoms with Crippen molar-refractivity contribution in [3.63, 3.8) is 0 Å². The largest absolute Gasteiger partial charge is 0.352 e. The van der Waals surface area contributed by atoms with E-state index in [1.807, 2.05) is 44.2 Å². The van der Waals surface area contributed by atoms with Gasteiger partial charge >= 0.3 is 0 Å². The minimum Gasteiger partial charge on any atom is -0.352 e. The minimum absolute atomic E-state index is 0.131. The maximum Gasteiger partial charge on any atom is 0.279 e. The van der Waals surface area contributed by atoms with Crippen molar-refractivity contribution in [2.45, 2.75) is 32.4 Å².